The second-order valence-corrected chi connectivity index (χ2v) is 15.0. The van der Waals surface area contributed by atoms with E-state index in [4.69, 9.17) is 0 Å². The van der Waals surface area contributed by atoms with Gasteiger partial charge in [-0.15, -0.1) is 6.67 Å². The molecule has 0 bridgehead atoms. The van der Waals surface area contributed by atoms with Gasteiger partial charge in [0, 0.05) is 22.5 Å². The molecule has 2 aliphatic rings. The normalized spacial score (nSPS) is 15.3. The Morgan fingerprint density at radius 2 is 0.744 bits per heavy atom. The Morgan fingerprint density at radius 1 is 0.465 bits per heavy atom. The predicted octanol–water partition coefficient (Wildman–Crippen LogP) is 10.9. The van der Waals surface area contributed by atoms with Crippen LogP contribution in [0.5, 0.6) is 0 Å². The number of hydrogen-bond donors (Lipinski definition) is 0. The Hall–Kier alpha value is -2.14. The van der Waals surface area contributed by atoms with Crippen molar-refractivity contribution in [1.29, 1.82) is 0 Å². The van der Waals surface area contributed by atoms with Gasteiger partial charge in [-0.05, 0) is 112 Å². The minimum Gasteiger partial charge on any atom is -0.504 e. The Bertz CT molecular complexity index is 1100. The van der Waals surface area contributed by atoms with Gasteiger partial charge in [-0.2, -0.15) is 6.67 Å². The first kappa shape index (κ1) is 37.0. The SMILES string of the molecule is CC(C)(C)N1C=CN(C(C)(C)C)[CH-]1.CC(C)c1cccc(C(C)C)c1N1C=CN(c2c(C(C)C)cccc2C(C)C)[CH-]1.[Ag+]. The molecule has 2 aliphatic heterocycles. The summed E-state index contributed by atoms with van der Waals surface area (Å²) in [6.07, 6.45) is 8.69. The molecule has 0 radical (unpaired) electrons. The smallest absolute Gasteiger partial charge is 0.504 e. The maximum atomic E-state index is 2.33. The number of anilines is 2. The molecular weight excluding hydrogens is 620 g/mol. The zero-order chi connectivity index (χ0) is 31.6. The molecule has 0 saturated carbocycles. The van der Waals surface area contributed by atoms with Crippen molar-refractivity contribution >= 4 is 11.4 Å². The van der Waals surface area contributed by atoms with Crippen LogP contribution in [0.1, 0.15) is 143 Å². The molecule has 0 atom stereocenters. The number of para-hydroxylation sites is 2. The minimum atomic E-state index is 0. The number of benzene rings is 2. The summed E-state index contributed by atoms with van der Waals surface area (Å²) in [6.45, 7) is 35.9. The van der Waals surface area contributed by atoms with E-state index in [1.165, 1.54) is 33.6 Å². The van der Waals surface area contributed by atoms with Crippen molar-refractivity contribution in [1.82, 2.24) is 9.80 Å². The fourth-order valence-electron chi connectivity index (χ4n) is 5.39. The van der Waals surface area contributed by atoms with Crippen LogP contribution in [0.2, 0.25) is 0 Å². The quantitative estimate of drug-likeness (QED) is 0.223. The first-order chi connectivity index (χ1) is 19.4. The molecule has 4 rings (SSSR count). The van der Waals surface area contributed by atoms with Gasteiger partial charge in [-0.3, -0.25) is 0 Å². The van der Waals surface area contributed by atoms with Crippen LogP contribution in [0.4, 0.5) is 11.4 Å². The van der Waals surface area contributed by atoms with Crippen LogP contribution in [0.3, 0.4) is 0 Å². The summed E-state index contributed by atoms with van der Waals surface area (Å²) < 4.78 is 0. The predicted molar refractivity (Wildman–Crippen MR) is 184 cm³/mol. The molecule has 5 heteroatoms. The molecule has 43 heavy (non-hydrogen) atoms. The Labute approximate surface area is 280 Å². The van der Waals surface area contributed by atoms with Crippen molar-refractivity contribution in [3.63, 3.8) is 0 Å². The third-order valence-corrected chi connectivity index (χ3v) is 8.02. The van der Waals surface area contributed by atoms with Crippen LogP contribution >= 0.6 is 0 Å². The average molecular weight is 679 g/mol. The van der Waals surface area contributed by atoms with Gasteiger partial charge in [0.15, 0.2) is 0 Å². The van der Waals surface area contributed by atoms with Crippen molar-refractivity contribution in [3.8, 4) is 0 Å². The number of hydrogen-bond acceptors (Lipinski definition) is 4. The maximum Gasteiger partial charge on any atom is 1.00 e. The molecule has 242 valence electrons. The molecule has 0 amide bonds. The van der Waals surface area contributed by atoms with Crippen LogP contribution < -0.4 is 9.80 Å². The molecule has 2 aromatic carbocycles. The number of rotatable bonds is 6. The van der Waals surface area contributed by atoms with E-state index in [-0.39, 0.29) is 33.5 Å². The first-order valence-electron chi connectivity index (χ1n) is 15.9. The summed E-state index contributed by atoms with van der Waals surface area (Å²) in [4.78, 5) is 9.12. The summed E-state index contributed by atoms with van der Waals surface area (Å²) >= 11 is 0. The van der Waals surface area contributed by atoms with E-state index in [9.17, 15) is 0 Å². The second kappa shape index (κ2) is 14.8. The van der Waals surface area contributed by atoms with E-state index in [1.54, 1.807) is 0 Å². The standard InChI is InChI=1S/C27H37N2.C11H21N2.Ag/c1-18(2)22-11-9-12-23(19(3)4)26(22)28-15-16-29(17-28)27-24(20(5)6)13-10-14-25(27)21(7)8;1-10(2,3)12-7-8-13(9-12)11(4,5)6;/h9-21H,1-8H3;7-9H,1-6H3;/q2*-1;+1. The van der Waals surface area contributed by atoms with Gasteiger partial charge < -0.3 is 19.6 Å². The maximum absolute atomic E-state index is 2.33. The molecule has 0 spiro atoms. The molecule has 0 saturated heterocycles. The average Bonchev–Trinajstić information content (AvgIpc) is 3.58. The van der Waals surface area contributed by atoms with Crippen LogP contribution in [0, 0.1) is 13.3 Å². The molecule has 2 heterocycles. The van der Waals surface area contributed by atoms with Crippen LogP contribution in [-0.2, 0) is 22.4 Å². The summed E-state index contributed by atoms with van der Waals surface area (Å²) in [5.74, 6) is 1.92. The van der Waals surface area contributed by atoms with Gasteiger partial charge >= 0.3 is 22.4 Å². The first-order valence-corrected chi connectivity index (χ1v) is 15.9. The molecule has 0 aliphatic carbocycles. The fraction of sp³-hybridized carbons (Fsp3) is 0.526. The van der Waals surface area contributed by atoms with Crippen molar-refractivity contribution in [2.75, 3.05) is 9.80 Å². The third-order valence-electron chi connectivity index (χ3n) is 8.02. The molecule has 0 unspecified atom stereocenters. The van der Waals surface area contributed by atoms with Gasteiger partial charge in [-0.1, -0.05) is 91.8 Å². The topological polar surface area (TPSA) is 13.0 Å². The Morgan fingerprint density at radius 3 is 0.953 bits per heavy atom. The van der Waals surface area contributed by atoms with Crippen molar-refractivity contribution in [2.24, 2.45) is 0 Å². The van der Waals surface area contributed by atoms with Crippen LogP contribution in [0.25, 0.3) is 0 Å². The summed E-state index contributed by atoms with van der Waals surface area (Å²) in [5.41, 5.74) is 8.64. The van der Waals surface area contributed by atoms with Crippen molar-refractivity contribution < 1.29 is 22.4 Å². The molecule has 0 fully saturated rings. The van der Waals surface area contributed by atoms with Gasteiger partial charge in [0.2, 0.25) is 0 Å². The Kier molecular flexibility index (Phi) is 12.7. The van der Waals surface area contributed by atoms with Crippen LogP contribution in [0.15, 0.2) is 61.2 Å². The van der Waals surface area contributed by atoms with E-state index in [0.29, 0.717) is 23.7 Å². The zero-order valence-electron chi connectivity index (χ0n) is 29.3. The molecular formula is C38H58AgN4-. The second-order valence-electron chi connectivity index (χ2n) is 15.0. The van der Waals surface area contributed by atoms with Gasteiger partial charge in [0.25, 0.3) is 0 Å². The molecule has 0 N–H and O–H groups in total. The fourth-order valence-corrected chi connectivity index (χ4v) is 5.39. The van der Waals surface area contributed by atoms with Crippen molar-refractivity contribution in [3.05, 3.63) is 96.8 Å². The van der Waals surface area contributed by atoms with E-state index in [1.807, 2.05) is 0 Å². The number of nitrogens with zero attached hydrogens (tertiary/aromatic N) is 4. The third kappa shape index (κ3) is 8.96. The molecule has 0 aromatic heterocycles. The Balaban J connectivity index is 0.000000388. The van der Waals surface area contributed by atoms with E-state index < -0.39 is 0 Å². The monoisotopic (exact) mass is 677 g/mol. The van der Waals surface area contributed by atoms with Gasteiger partial charge in [0.1, 0.15) is 0 Å². The minimum absolute atomic E-state index is 0. The van der Waals surface area contributed by atoms with Crippen LogP contribution in [-0.4, -0.2) is 20.9 Å². The van der Waals surface area contributed by atoms with Gasteiger partial charge in [-0.25, -0.2) is 0 Å². The molecule has 2 aromatic rings. The summed E-state index contributed by atoms with van der Waals surface area (Å²) in [7, 11) is 0. The molecule has 4 nitrogen and oxygen atoms in total. The van der Waals surface area contributed by atoms with E-state index in [0.717, 1.165) is 0 Å². The summed E-state index contributed by atoms with van der Waals surface area (Å²) in [5, 5.41) is 0. The van der Waals surface area contributed by atoms with Gasteiger partial charge in [0.05, 0.1) is 0 Å². The van der Waals surface area contributed by atoms with Crippen molar-refractivity contribution in [2.45, 2.75) is 132 Å². The van der Waals surface area contributed by atoms with E-state index >= 15 is 0 Å². The van der Waals surface area contributed by atoms with E-state index in [2.05, 4.69) is 191 Å². The summed E-state index contributed by atoms with van der Waals surface area (Å²) in [6, 6.07) is 13.5. The zero-order valence-corrected chi connectivity index (χ0v) is 30.8. The largest absolute Gasteiger partial charge is 1.00 e.